The van der Waals surface area contributed by atoms with Gasteiger partial charge in [-0.15, -0.1) is 5.10 Å². The van der Waals surface area contributed by atoms with Gasteiger partial charge in [0.15, 0.2) is 0 Å². The van der Waals surface area contributed by atoms with E-state index in [1.165, 1.54) is 6.07 Å². The molecule has 0 aliphatic carbocycles. The molecule has 0 atom stereocenters. The van der Waals surface area contributed by atoms with Gasteiger partial charge in [0.05, 0.1) is 0 Å². The molecule has 0 spiro atoms. The quantitative estimate of drug-likeness (QED) is 0.832. The minimum atomic E-state index is -0.474. The molecule has 5 nitrogen and oxygen atoms in total. The summed E-state index contributed by atoms with van der Waals surface area (Å²) in [4.78, 5) is 15.5. The van der Waals surface area contributed by atoms with Gasteiger partial charge in [0, 0.05) is 5.69 Å². The second-order valence-corrected chi connectivity index (χ2v) is 3.66. The van der Waals surface area contributed by atoms with Crippen molar-refractivity contribution in [1.82, 2.24) is 15.2 Å². The van der Waals surface area contributed by atoms with Crippen LogP contribution in [0.4, 0.5) is 10.1 Å². The number of H-pyrrole nitrogens is 1. The van der Waals surface area contributed by atoms with Gasteiger partial charge in [-0.2, -0.15) is 0 Å². The number of hydrogen-bond donors (Lipinski definition) is 2. The molecule has 1 heterocycles. The summed E-state index contributed by atoms with van der Waals surface area (Å²) in [5.74, 6) is -0.264. The van der Waals surface area contributed by atoms with Gasteiger partial charge in [-0.25, -0.2) is 9.37 Å². The number of nitrogens with zero attached hydrogens (tertiary/aromatic N) is 2. The Morgan fingerprint density at radius 2 is 2.18 bits per heavy atom. The van der Waals surface area contributed by atoms with Crippen molar-refractivity contribution in [3.63, 3.8) is 0 Å². The first-order valence-corrected chi connectivity index (χ1v) is 5.03. The van der Waals surface area contributed by atoms with Crippen LogP contribution in [-0.4, -0.2) is 21.1 Å². The summed E-state index contributed by atoms with van der Waals surface area (Å²) in [7, 11) is 0. The molecule has 2 aromatic rings. The molecule has 2 N–H and O–H groups in total. The van der Waals surface area contributed by atoms with E-state index in [0.29, 0.717) is 17.1 Å². The number of aryl methyl sites for hydroxylation is 2. The number of halogens is 1. The largest absolute Gasteiger partial charge is 0.319 e. The van der Waals surface area contributed by atoms with Crippen LogP contribution in [0.3, 0.4) is 0 Å². The van der Waals surface area contributed by atoms with E-state index in [0.717, 1.165) is 0 Å². The molecule has 0 bridgehead atoms. The third-order valence-electron chi connectivity index (χ3n) is 2.23. The molecule has 2 rings (SSSR count). The van der Waals surface area contributed by atoms with Gasteiger partial charge in [0.25, 0.3) is 5.91 Å². The predicted molar refractivity (Wildman–Crippen MR) is 60.2 cm³/mol. The summed E-state index contributed by atoms with van der Waals surface area (Å²) in [5.41, 5.74) is 0.900. The number of carbonyl (C=O) groups excluding carboxylic acids is 1. The van der Waals surface area contributed by atoms with Crippen molar-refractivity contribution in [2.24, 2.45) is 0 Å². The van der Waals surface area contributed by atoms with Gasteiger partial charge in [-0.3, -0.25) is 9.89 Å². The average Bonchev–Trinajstić information content (AvgIpc) is 2.70. The first-order chi connectivity index (χ1) is 8.06. The minimum Gasteiger partial charge on any atom is -0.319 e. The molecule has 88 valence electrons. The monoisotopic (exact) mass is 234 g/mol. The lowest BCUT2D eigenvalue weighted by Gasteiger charge is -2.03. The van der Waals surface area contributed by atoms with E-state index in [9.17, 15) is 9.18 Å². The van der Waals surface area contributed by atoms with E-state index in [1.54, 1.807) is 26.0 Å². The Morgan fingerprint density at radius 3 is 2.76 bits per heavy atom. The van der Waals surface area contributed by atoms with Crippen LogP contribution in [0.5, 0.6) is 0 Å². The molecule has 0 aliphatic heterocycles. The summed E-state index contributed by atoms with van der Waals surface area (Å²) in [6, 6.07) is 4.47. The van der Waals surface area contributed by atoms with Crippen molar-refractivity contribution < 1.29 is 9.18 Å². The van der Waals surface area contributed by atoms with E-state index in [4.69, 9.17) is 0 Å². The summed E-state index contributed by atoms with van der Waals surface area (Å²) >= 11 is 0. The van der Waals surface area contributed by atoms with Crippen molar-refractivity contribution in [2.75, 3.05) is 5.32 Å². The second kappa shape index (κ2) is 4.32. The first-order valence-electron chi connectivity index (χ1n) is 5.03. The number of amides is 1. The number of hydrogen-bond acceptors (Lipinski definition) is 3. The zero-order valence-corrected chi connectivity index (χ0v) is 9.41. The van der Waals surface area contributed by atoms with Crippen LogP contribution in [0.1, 0.15) is 22.0 Å². The fourth-order valence-electron chi connectivity index (χ4n) is 1.30. The van der Waals surface area contributed by atoms with E-state index >= 15 is 0 Å². The summed E-state index contributed by atoms with van der Waals surface area (Å²) in [6.07, 6.45) is 0. The zero-order chi connectivity index (χ0) is 12.4. The molecule has 0 saturated heterocycles. The van der Waals surface area contributed by atoms with Crippen molar-refractivity contribution >= 4 is 11.6 Å². The molecule has 17 heavy (non-hydrogen) atoms. The molecule has 1 aromatic carbocycles. The molecule has 0 saturated carbocycles. The van der Waals surface area contributed by atoms with Crippen molar-refractivity contribution in [3.05, 3.63) is 41.2 Å². The lowest BCUT2D eigenvalue weighted by Crippen LogP contribution is -2.14. The fraction of sp³-hybridized carbons (Fsp3) is 0.182. The highest BCUT2D eigenvalue weighted by atomic mass is 19.1. The number of carbonyl (C=O) groups is 1. The number of aromatic amines is 1. The third-order valence-corrected chi connectivity index (χ3v) is 2.23. The maximum atomic E-state index is 13.2. The summed E-state index contributed by atoms with van der Waals surface area (Å²) in [6.45, 7) is 3.34. The van der Waals surface area contributed by atoms with Gasteiger partial charge >= 0.3 is 0 Å². The van der Waals surface area contributed by atoms with Crippen LogP contribution in [-0.2, 0) is 0 Å². The van der Waals surface area contributed by atoms with Gasteiger partial charge in [0.1, 0.15) is 11.6 Å². The van der Waals surface area contributed by atoms with E-state index in [-0.39, 0.29) is 11.6 Å². The maximum Gasteiger partial charge on any atom is 0.295 e. The smallest absolute Gasteiger partial charge is 0.295 e. The number of aromatic nitrogens is 3. The average molecular weight is 234 g/mol. The minimum absolute atomic E-state index is 0.0310. The lowest BCUT2D eigenvalue weighted by atomic mass is 10.2. The highest BCUT2D eigenvalue weighted by Crippen LogP contribution is 2.14. The summed E-state index contributed by atoms with van der Waals surface area (Å²) < 4.78 is 13.2. The van der Waals surface area contributed by atoms with Gasteiger partial charge < -0.3 is 5.32 Å². The number of rotatable bonds is 2. The molecule has 0 unspecified atom stereocenters. The number of nitrogens with one attached hydrogen (secondary N) is 2. The molecule has 1 amide bonds. The predicted octanol–water partition coefficient (Wildman–Crippen LogP) is 1.81. The van der Waals surface area contributed by atoms with Gasteiger partial charge in [-0.1, -0.05) is 6.07 Å². The van der Waals surface area contributed by atoms with E-state index < -0.39 is 5.91 Å². The van der Waals surface area contributed by atoms with E-state index in [2.05, 4.69) is 20.5 Å². The second-order valence-electron chi connectivity index (χ2n) is 3.66. The topological polar surface area (TPSA) is 70.7 Å². The normalized spacial score (nSPS) is 10.3. The van der Waals surface area contributed by atoms with Crippen LogP contribution in [0.2, 0.25) is 0 Å². The SMILES string of the molecule is Cc1nc(C(=O)Nc2ccc(C)c(F)c2)n[nH]1. The standard InChI is InChI=1S/C11H11FN4O/c1-6-3-4-8(5-9(6)12)14-11(17)10-13-7(2)15-16-10/h3-5H,1-2H3,(H,14,17)(H,13,15,16). The molecule has 0 radical (unpaired) electrons. The Bertz CT molecular complexity index is 564. The Hall–Kier alpha value is -2.24. The Labute approximate surface area is 97.1 Å². The summed E-state index contributed by atoms with van der Waals surface area (Å²) in [5, 5.41) is 8.79. The van der Waals surface area contributed by atoms with Gasteiger partial charge in [0.2, 0.25) is 5.82 Å². The van der Waals surface area contributed by atoms with Crippen molar-refractivity contribution in [2.45, 2.75) is 13.8 Å². The molecule has 1 aromatic heterocycles. The highest BCUT2D eigenvalue weighted by molar-refractivity contribution is 6.01. The molecular formula is C11H11FN4O. The van der Waals surface area contributed by atoms with Crippen molar-refractivity contribution in [1.29, 1.82) is 0 Å². The fourth-order valence-corrected chi connectivity index (χ4v) is 1.30. The van der Waals surface area contributed by atoms with Crippen LogP contribution >= 0.6 is 0 Å². The molecular weight excluding hydrogens is 223 g/mol. The van der Waals surface area contributed by atoms with Crippen LogP contribution in [0, 0.1) is 19.7 Å². The molecule has 6 heteroatoms. The van der Waals surface area contributed by atoms with E-state index in [1.807, 2.05) is 0 Å². The maximum absolute atomic E-state index is 13.2. The highest BCUT2D eigenvalue weighted by Gasteiger charge is 2.11. The van der Waals surface area contributed by atoms with Gasteiger partial charge in [-0.05, 0) is 31.5 Å². The lowest BCUT2D eigenvalue weighted by molar-refractivity contribution is 0.101. The van der Waals surface area contributed by atoms with Crippen molar-refractivity contribution in [3.8, 4) is 0 Å². The zero-order valence-electron chi connectivity index (χ0n) is 9.41. The molecule has 0 aliphatic rings. The third kappa shape index (κ3) is 2.47. The van der Waals surface area contributed by atoms with Crippen LogP contribution in [0.15, 0.2) is 18.2 Å². The van der Waals surface area contributed by atoms with Crippen LogP contribution < -0.4 is 5.32 Å². The number of anilines is 1. The Balaban J connectivity index is 2.15. The van der Waals surface area contributed by atoms with Crippen LogP contribution in [0.25, 0.3) is 0 Å². The Morgan fingerprint density at radius 1 is 1.41 bits per heavy atom. The Kier molecular flexibility index (Phi) is 2.86. The molecule has 0 fully saturated rings. The number of benzene rings is 1. The first kappa shape index (κ1) is 11.3.